The van der Waals surface area contributed by atoms with E-state index >= 15 is 0 Å². The van der Waals surface area contributed by atoms with Gasteiger partial charge in [-0.1, -0.05) is 24.3 Å². The van der Waals surface area contributed by atoms with Crippen molar-refractivity contribution in [3.05, 3.63) is 65.0 Å². The van der Waals surface area contributed by atoms with Gasteiger partial charge in [0.05, 0.1) is 22.3 Å². The summed E-state index contributed by atoms with van der Waals surface area (Å²) >= 11 is 0. The van der Waals surface area contributed by atoms with Crippen molar-refractivity contribution >= 4 is 28.3 Å². The number of aromatic nitrogens is 2. The Morgan fingerprint density at radius 2 is 1.91 bits per heavy atom. The van der Waals surface area contributed by atoms with Gasteiger partial charge in [0, 0.05) is 6.07 Å². The molecular weight excluding hydrogens is 284 g/mol. The first-order valence-electron chi connectivity index (χ1n) is 6.58. The van der Waals surface area contributed by atoms with Crippen LogP contribution in [0.3, 0.4) is 0 Å². The van der Waals surface area contributed by atoms with Gasteiger partial charge in [-0.3, -0.25) is 14.9 Å². The third kappa shape index (κ3) is 2.64. The van der Waals surface area contributed by atoms with Crippen molar-refractivity contribution < 1.29 is 9.72 Å². The molecule has 0 bridgehead atoms. The Morgan fingerprint density at radius 1 is 1.18 bits per heavy atom. The molecule has 0 aliphatic carbocycles. The fourth-order valence-corrected chi connectivity index (χ4v) is 2.22. The largest absolute Gasteiger partial charge is 0.321 e. The number of amides is 1. The molecule has 0 saturated carbocycles. The third-order valence-corrected chi connectivity index (χ3v) is 3.22. The summed E-state index contributed by atoms with van der Waals surface area (Å²) in [4.78, 5) is 26.7. The smallest absolute Gasteiger partial charge is 0.292 e. The lowest BCUT2D eigenvalue weighted by molar-refractivity contribution is -0.383. The molecule has 110 valence electrons. The Bertz CT molecular complexity index is 857. The molecule has 0 spiro atoms. The maximum absolute atomic E-state index is 12.1. The van der Waals surface area contributed by atoms with Gasteiger partial charge >= 0.3 is 0 Å². The van der Waals surface area contributed by atoms with E-state index in [0.29, 0.717) is 0 Å². The topological polar surface area (TPSA) is 90.1 Å². The maximum Gasteiger partial charge on any atom is 0.292 e. The van der Waals surface area contributed by atoms with Crippen molar-refractivity contribution in [1.29, 1.82) is 0 Å². The number of anilines is 1. The number of fused-ring (bicyclic) bond motifs is 1. The zero-order valence-corrected chi connectivity index (χ0v) is 11.5. The molecule has 1 heterocycles. The molecule has 0 aliphatic heterocycles. The molecule has 3 aromatic rings. The second kappa shape index (κ2) is 5.65. The number of carbonyl (C=O) groups is 1. The number of para-hydroxylation sites is 4. The second-order valence-electron chi connectivity index (χ2n) is 4.68. The van der Waals surface area contributed by atoms with E-state index in [9.17, 15) is 14.9 Å². The monoisotopic (exact) mass is 296 g/mol. The summed E-state index contributed by atoms with van der Waals surface area (Å²) in [6.07, 6.45) is 1.57. The lowest BCUT2D eigenvalue weighted by Crippen LogP contribution is -2.18. The van der Waals surface area contributed by atoms with E-state index in [1.54, 1.807) is 23.0 Å². The highest BCUT2D eigenvalue weighted by Gasteiger charge is 2.15. The highest BCUT2D eigenvalue weighted by molar-refractivity contribution is 5.93. The Hall–Kier alpha value is -3.22. The Morgan fingerprint density at radius 3 is 2.73 bits per heavy atom. The first kappa shape index (κ1) is 13.7. The highest BCUT2D eigenvalue weighted by atomic mass is 16.6. The number of nitrogens with zero attached hydrogens (tertiary/aromatic N) is 3. The Labute approximate surface area is 125 Å². The predicted molar refractivity (Wildman–Crippen MR) is 81.5 cm³/mol. The summed E-state index contributed by atoms with van der Waals surface area (Å²) in [7, 11) is 0. The van der Waals surface area contributed by atoms with Gasteiger partial charge in [0.2, 0.25) is 5.91 Å². The number of nitrogens with one attached hydrogen (secondary N) is 1. The lowest BCUT2D eigenvalue weighted by Gasteiger charge is -2.07. The van der Waals surface area contributed by atoms with Gasteiger partial charge < -0.3 is 9.88 Å². The number of nitro benzene ring substituents is 1. The second-order valence-corrected chi connectivity index (χ2v) is 4.68. The number of imidazole rings is 1. The molecule has 1 N–H and O–H groups in total. The molecule has 0 fully saturated rings. The summed E-state index contributed by atoms with van der Waals surface area (Å²) in [6.45, 7) is 0.0343. The van der Waals surface area contributed by atoms with E-state index in [-0.39, 0.29) is 23.8 Å². The van der Waals surface area contributed by atoms with Crippen LogP contribution < -0.4 is 5.32 Å². The summed E-state index contributed by atoms with van der Waals surface area (Å²) in [6, 6.07) is 13.5. The molecule has 0 saturated heterocycles. The average Bonchev–Trinajstić information content (AvgIpc) is 2.91. The normalized spacial score (nSPS) is 10.5. The molecule has 7 heteroatoms. The zero-order valence-electron chi connectivity index (χ0n) is 11.5. The van der Waals surface area contributed by atoms with Crippen LogP contribution in [0.15, 0.2) is 54.9 Å². The van der Waals surface area contributed by atoms with Gasteiger partial charge in [0.25, 0.3) is 5.69 Å². The summed E-state index contributed by atoms with van der Waals surface area (Å²) in [5.41, 5.74) is 1.68. The molecule has 0 radical (unpaired) electrons. The molecule has 0 aliphatic rings. The van der Waals surface area contributed by atoms with E-state index in [1.807, 2.05) is 24.3 Å². The average molecular weight is 296 g/mol. The molecule has 2 aromatic carbocycles. The molecule has 0 atom stereocenters. The molecule has 1 aromatic heterocycles. The van der Waals surface area contributed by atoms with E-state index in [0.717, 1.165) is 11.0 Å². The van der Waals surface area contributed by atoms with Crippen LogP contribution in [0.2, 0.25) is 0 Å². The third-order valence-electron chi connectivity index (χ3n) is 3.22. The number of hydrogen-bond acceptors (Lipinski definition) is 4. The van der Waals surface area contributed by atoms with Crippen LogP contribution in [0.5, 0.6) is 0 Å². The van der Waals surface area contributed by atoms with Crippen LogP contribution in [0.1, 0.15) is 0 Å². The summed E-state index contributed by atoms with van der Waals surface area (Å²) in [5, 5.41) is 13.5. The zero-order chi connectivity index (χ0) is 15.5. The van der Waals surface area contributed by atoms with Crippen LogP contribution in [0, 0.1) is 10.1 Å². The first-order valence-corrected chi connectivity index (χ1v) is 6.58. The van der Waals surface area contributed by atoms with E-state index in [1.165, 1.54) is 12.1 Å². The van der Waals surface area contributed by atoms with Crippen molar-refractivity contribution in [2.24, 2.45) is 0 Å². The van der Waals surface area contributed by atoms with Gasteiger partial charge in [0.15, 0.2) is 0 Å². The van der Waals surface area contributed by atoms with Gasteiger partial charge in [-0.05, 0) is 18.2 Å². The molecular formula is C15H12N4O3. The van der Waals surface area contributed by atoms with Crippen molar-refractivity contribution in [3.8, 4) is 0 Å². The molecule has 3 rings (SSSR count). The number of nitro groups is 1. The quantitative estimate of drug-likeness (QED) is 0.592. The van der Waals surface area contributed by atoms with Crippen LogP contribution in [-0.4, -0.2) is 20.4 Å². The van der Waals surface area contributed by atoms with Crippen molar-refractivity contribution in [2.45, 2.75) is 6.54 Å². The molecule has 1 amide bonds. The molecule has 22 heavy (non-hydrogen) atoms. The van der Waals surface area contributed by atoms with Crippen LogP contribution in [-0.2, 0) is 11.3 Å². The summed E-state index contributed by atoms with van der Waals surface area (Å²) in [5.74, 6) is -0.350. The number of rotatable bonds is 4. The standard InChI is InChI=1S/C15H12N4O3/c20-15(17-12-6-2-4-8-14(12)19(21)22)9-18-10-16-11-5-1-3-7-13(11)18/h1-8,10H,9H2,(H,17,20). The highest BCUT2D eigenvalue weighted by Crippen LogP contribution is 2.23. The number of carbonyl (C=O) groups excluding carboxylic acids is 1. The first-order chi connectivity index (χ1) is 10.6. The summed E-state index contributed by atoms with van der Waals surface area (Å²) < 4.78 is 1.69. The number of hydrogen-bond donors (Lipinski definition) is 1. The minimum absolute atomic E-state index is 0.0343. The number of benzene rings is 2. The minimum atomic E-state index is -0.526. The fraction of sp³-hybridized carbons (Fsp3) is 0.0667. The van der Waals surface area contributed by atoms with E-state index in [4.69, 9.17) is 0 Å². The Balaban J connectivity index is 1.80. The fourth-order valence-electron chi connectivity index (χ4n) is 2.22. The van der Waals surface area contributed by atoms with Crippen LogP contribution in [0.4, 0.5) is 11.4 Å². The minimum Gasteiger partial charge on any atom is -0.321 e. The molecule has 0 unspecified atom stereocenters. The van der Waals surface area contributed by atoms with Gasteiger partial charge in [-0.2, -0.15) is 0 Å². The van der Waals surface area contributed by atoms with Gasteiger partial charge in [0.1, 0.15) is 12.2 Å². The van der Waals surface area contributed by atoms with Crippen molar-refractivity contribution in [3.63, 3.8) is 0 Å². The van der Waals surface area contributed by atoms with Crippen LogP contribution in [0.25, 0.3) is 11.0 Å². The molecule has 7 nitrogen and oxygen atoms in total. The van der Waals surface area contributed by atoms with E-state index in [2.05, 4.69) is 10.3 Å². The van der Waals surface area contributed by atoms with Crippen molar-refractivity contribution in [1.82, 2.24) is 9.55 Å². The van der Waals surface area contributed by atoms with Gasteiger partial charge in [-0.25, -0.2) is 4.98 Å². The van der Waals surface area contributed by atoms with Crippen molar-refractivity contribution in [2.75, 3.05) is 5.32 Å². The Kier molecular flexibility index (Phi) is 3.53. The predicted octanol–water partition coefficient (Wildman–Crippen LogP) is 2.58. The SMILES string of the molecule is O=C(Cn1cnc2ccccc21)Nc1ccccc1[N+](=O)[O-]. The van der Waals surface area contributed by atoms with Gasteiger partial charge in [-0.15, -0.1) is 0 Å². The van der Waals surface area contributed by atoms with E-state index < -0.39 is 4.92 Å². The maximum atomic E-state index is 12.1. The van der Waals surface area contributed by atoms with Crippen LogP contribution >= 0.6 is 0 Å². The lowest BCUT2D eigenvalue weighted by atomic mass is 10.2.